The zero-order valence-electron chi connectivity index (χ0n) is 10.9. The van der Waals surface area contributed by atoms with E-state index >= 15 is 0 Å². The van der Waals surface area contributed by atoms with Gasteiger partial charge in [-0.15, -0.1) is 11.3 Å². The molecule has 0 spiro atoms. The van der Waals surface area contributed by atoms with Crippen LogP contribution in [0.2, 0.25) is 0 Å². The molecular weight excluding hydrogens is 256 g/mol. The lowest BCUT2D eigenvalue weighted by molar-refractivity contribution is 0.609. The third-order valence-electron chi connectivity index (χ3n) is 3.31. The fraction of sp³-hybridized carbons (Fsp3) is 0.214. The molecule has 0 saturated carbocycles. The second-order valence-corrected chi connectivity index (χ2v) is 5.73. The van der Waals surface area contributed by atoms with Crippen LogP contribution in [0.4, 0.5) is 0 Å². The summed E-state index contributed by atoms with van der Waals surface area (Å²) in [6.07, 6.45) is 0. The Morgan fingerprint density at radius 3 is 2.84 bits per heavy atom. The number of aryl methyl sites for hydroxylation is 2. The van der Waals surface area contributed by atoms with Crippen LogP contribution >= 0.6 is 11.3 Å². The Labute approximate surface area is 115 Å². The normalized spacial score (nSPS) is 13.0. The summed E-state index contributed by atoms with van der Waals surface area (Å²) >= 11 is 1.72. The molecule has 0 radical (unpaired) electrons. The van der Waals surface area contributed by atoms with E-state index in [1.807, 2.05) is 23.9 Å². The lowest BCUT2D eigenvalue weighted by Gasteiger charge is -2.12. The van der Waals surface area contributed by atoms with Crippen molar-refractivity contribution >= 4 is 22.2 Å². The second-order valence-electron chi connectivity index (χ2n) is 4.62. The molecule has 0 fully saturated rings. The zero-order valence-corrected chi connectivity index (χ0v) is 11.7. The molecule has 3 rings (SSSR count). The van der Waals surface area contributed by atoms with Crippen LogP contribution in [-0.2, 0) is 7.05 Å². The number of hydrogen-bond acceptors (Lipinski definition) is 4. The number of hydrogen-bond donors (Lipinski definition) is 2. The fourth-order valence-electron chi connectivity index (χ4n) is 2.40. The molecule has 2 aromatic heterocycles. The highest BCUT2D eigenvalue weighted by atomic mass is 32.1. The summed E-state index contributed by atoms with van der Waals surface area (Å²) in [6, 6.07) is 10.3. The summed E-state index contributed by atoms with van der Waals surface area (Å²) < 4.78 is 1.90. The number of benzene rings is 1. The lowest BCUT2D eigenvalue weighted by atomic mass is 10.0. The van der Waals surface area contributed by atoms with E-state index in [0.717, 1.165) is 22.2 Å². The maximum atomic E-state index is 5.75. The molecule has 0 aliphatic heterocycles. The molecule has 3 aromatic rings. The van der Waals surface area contributed by atoms with Crippen LogP contribution < -0.4 is 11.3 Å². The molecule has 0 saturated heterocycles. The highest BCUT2D eigenvalue weighted by Crippen LogP contribution is 2.29. The number of nitrogens with zero attached hydrogens (tertiary/aromatic N) is 2. The van der Waals surface area contributed by atoms with Gasteiger partial charge in [-0.05, 0) is 30.0 Å². The number of aromatic nitrogens is 2. The molecular formula is C14H16N4S. The molecule has 3 N–H and O–H groups in total. The molecule has 2 heterocycles. The van der Waals surface area contributed by atoms with Crippen molar-refractivity contribution in [3.63, 3.8) is 0 Å². The van der Waals surface area contributed by atoms with E-state index in [-0.39, 0.29) is 6.04 Å². The van der Waals surface area contributed by atoms with Crippen LogP contribution in [0.3, 0.4) is 0 Å². The van der Waals surface area contributed by atoms with Gasteiger partial charge in [-0.1, -0.05) is 18.2 Å². The second kappa shape index (κ2) is 4.77. The first-order valence-corrected chi connectivity index (χ1v) is 7.01. The molecule has 1 unspecified atom stereocenters. The van der Waals surface area contributed by atoms with Crippen LogP contribution in [0.25, 0.3) is 10.9 Å². The lowest BCUT2D eigenvalue weighted by Crippen LogP contribution is -2.29. The highest BCUT2D eigenvalue weighted by Gasteiger charge is 2.20. The number of hydrazine groups is 1. The summed E-state index contributed by atoms with van der Waals surface area (Å²) in [5, 5.41) is 7.89. The van der Waals surface area contributed by atoms with Gasteiger partial charge in [0.05, 0.1) is 17.3 Å². The third-order valence-corrected chi connectivity index (χ3v) is 4.19. The number of para-hydroxylation sites is 1. The molecule has 0 amide bonds. The molecule has 1 atom stereocenters. The smallest absolute Gasteiger partial charge is 0.0931 e. The van der Waals surface area contributed by atoms with E-state index in [0.29, 0.717) is 0 Å². The first-order valence-electron chi connectivity index (χ1n) is 6.13. The van der Waals surface area contributed by atoms with Crippen molar-refractivity contribution in [1.82, 2.24) is 15.2 Å². The summed E-state index contributed by atoms with van der Waals surface area (Å²) in [6.45, 7) is 2.10. The first-order chi connectivity index (χ1) is 9.20. The van der Waals surface area contributed by atoms with Crippen LogP contribution in [0, 0.1) is 6.92 Å². The summed E-state index contributed by atoms with van der Waals surface area (Å²) in [5.41, 5.74) is 6.13. The van der Waals surface area contributed by atoms with Crippen LogP contribution in [0.5, 0.6) is 0 Å². The molecule has 5 heteroatoms. The van der Waals surface area contributed by atoms with Crippen LogP contribution in [0.1, 0.15) is 22.2 Å². The van der Waals surface area contributed by atoms with Crippen molar-refractivity contribution in [2.75, 3.05) is 0 Å². The molecule has 0 aliphatic carbocycles. The van der Waals surface area contributed by atoms with E-state index in [1.54, 1.807) is 11.3 Å². The Balaban J connectivity index is 2.16. The van der Waals surface area contributed by atoms with Crippen molar-refractivity contribution in [2.45, 2.75) is 13.0 Å². The van der Waals surface area contributed by atoms with Gasteiger partial charge in [0.25, 0.3) is 0 Å². The van der Waals surface area contributed by atoms with E-state index in [9.17, 15) is 0 Å². The average molecular weight is 272 g/mol. The monoisotopic (exact) mass is 272 g/mol. The SMILES string of the molecule is Cc1cc(C(NN)c2nn(C)c3ccccc23)cs1. The summed E-state index contributed by atoms with van der Waals surface area (Å²) in [7, 11) is 1.96. The summed E-state index contributed by atoms with van der Waals surface area (Å²) in [4.78, 5) is 1.27. The minimum atomic E-state index is -0.0731. The average Bonchev–Trinajstić information content (AvgIpc) is 2.97. The zero-order chi connectivity index (χ0) is 13.4. The Hall–Kier alpha value is -1.69. The quantitative estimate of drug-likeness (QED) is 0.569. The number of fused-ring (bicyclic) bond motifs is 1. The Bertz CT molecular complexity index is 713. The number of rotatable bonds is 3. The molecule has 0 bridgehead atoms. The van der Waals surface area contributed by atoms with E-state index in [1.165, 1.54) is 4.88 Å². The van der Waals surface area contributed by atoms with Crippen LogP contribution in [-0.4, -0.2) is 9.78 Å². The maximum Gasteiger partial charge on any atom is 0.0931 e. The Morgan fingerprint density at radius 2 is 2.16 bits per heavy atom. The van der Waals surface area contributed by atoms with Gasteiger partial charge in [-0.25, -0.2) is 5.43 Å². The predicted octanol–water partition coefficient (Wildman–Crippen LogP) is 2.50. The highest BCUT2D eigenvalue weighted by molar-refractivity contribution is 7.10. The van der Waals surface area contributed by atoms with Crippen molar-refractivity contribution in [2.24, 2.45) is 12.9 Å². The van der Waals surface area contributed by atoms with Gasteiger partial charge in [-0.3, -0.25) is 10.5 Å². The first kappa shape index (κ1) is 12.3. The van der Waals surface area contributed by atoms with Crippen molar-refractivity contribution in [3.05, 3.63) is 51.8 Å². The van der Waals surface area contributed by atoms with E-state index in [2.05, 4.69) is 41.0 Å². The van der Waals surface area contributed by atoms with E-state index in [4.69, 9.17) is 5.84 Å². The van der Waals surface area contributed by atoms with Gasteiger partial charge in [0.1, 0.15) is 0 Å². The van der Waals surface area contributed by atoms with Crippen molar-refractivity contribution < 1.29 is 0 Å². The largest absolute Gasteiger partial charge is 0.271 e. The van der Waals surface area contributed by atoms with Gasteiger partial charge in [0, 0.05) is 17.3 Å². The predicted molar refractivity (Wildman–Crippen MR) is 78.9 cm³/mol. The van der Waals surface area contributed by atoms with Crippen LogP contribution in [0.15, 0.2) is 35.7 Å². The minimum Gasteiger partial charge on any atom is -0.271 e. The topological polar surface area (TPSA) is 55.9 Å². The van der Waals surface area contributed by atoms with Gasteiger partial charge in [0.2, 0.25) is 0 Å². The minimum absolute atomic E-state index is 0.0731. The van der Waals surface area contributed by atoms with Gasteiger partial charge in [-0.2, -0.15) is 5.10 Å². The standard InChI is InChI=1S/C14H16N4S/c1-9-7-10(8-19-9)13(16-15)14-11-5-3-4-6-12(11)18(2)17-14/h3-8,13,16H,15H2,1-2H3. The number of nitrogens with two attached hydrogens (primary N) is 1. The Kier molecular flexibility index (Phi) is 3.10. The van der Waals surface area contributed by atoms with E-state index < -0.39 is 0 Å². The molecule has 1 aromatic carbocycles. The Morgan fingerprint density at radius 1 is 1.37 bits per heavy atom. The molecule has 4 nitrogen and oxygen atoms in total. The number of nitrogens with one attached hydrogen (secondary N) is 1. The molecule has 98 valence electrons. The van der Waals surface area contributed by atoms with Crippen molar-refractivity contribution in [1.29, 1.82) is 0 Å². The third kappa shape index (κ3) is 2.06. The van der Waals surface area contributed by atoms with Gasteiger partial charge in [0.15, 0.2) is 0 Å². The molecule has 0 aliphatic rings. The van der Waals surface area contributed by atoms with Crippen molar-refractivity contribution in [3.8, 4) is 0 Å². The summed E-state index contributed by atoms with van der Waals surface area (Å²) in [5.74, 6) is 5.75. The molecule has 19 heavy (non-hydrogen) atoms. The maximum absolute atomic E-state index is 5.75. The fourth-order valence-corrected chi connectivity index (χ4v) is 3.13. The van der Waals surface area contributed by atoms with Gasteiger partial charge >= 0.3 is 0 Å². The van der Waals surface area contributed by atoms with Gasteiger partial charge < -0.3 is 0 Å². The number of thiophene rings is 1.